The number of carbonyl (C=O) groups excluding carboxylic acids is 3. The largest absolute Gasteiger partial charge is 0.496 e. The van der Waals surface area contributed by atoms with E-state index < -0.39 is 24.0 Å². The molecule has 3 rings (SSSR count). The van der Waals surface area contributed by atoms with E-state index in [2.05, 4.69) is 0 Å². The molecule has 1 amide bonds. The van der Waals surface area contributed by atoms with Crippen LogP contribution in [0.25, 0.3) is 0 Å². The molecule has 0 saturated carbocycles. The minimum atomic E-state index is -5.18. The van der Waals surface area contributed by atoms with Crippen LogP contribution in [0.15, 0.2) is 23.8 Å². The number of nitrogens with zero attached hydrogens (tertiary/aromatic N) is 1. The molecule has 1 aliphatic rings. The summed E-state index contributed by atoms with van der Waals surface area (Å²) < 4.78 is 67.1. The zero-order valence-corrected chi connectivity index (χ0v) is 24.7. The number of hydrogen-bond acceptors (Lipinski definition) is 8. The molecule has 0 bridgehead atoms. The number of hydrogen-bond donors (Lipinski definition) is 0. The van der Waals surface area contributed by atoms with Gasteiger partial charge in [-0.3, -0.25) is 9.59 Å². The van der Waals surface area contributed by atoms with E-state index in [1.165, 1.54) is 34.3 Å². The van der Waals surface area contributed by atoms with Crippen LogP contribution in [0.3, 0.4) is 0 Å². The minimum Gasteiger partial charge on any atom is -0.496 e. The lowest BCUT2D eigenvalue weighted by Crippen LogP contribution is -2.42. The van der Waals surface area contributed by atoms with Crippen molar-refractivity contribution in [3.05, 3.63) is 51.1 Å². The topological polar surface area (TPSA) is 101 Å². The summed E-state index contributed by atoms with van der Waals surface area (Å²) in [6.45, 7) is 4.27. The van der Waals surface area contributed by atoms with Crippen LogP contribution >= 0.6 is 11.6 Å². The average molecular weight is 614 g/mol. The Hall–Kier alpha value is -3.93. The summed E-state index contributed by atoms with van der Waals surface area (Å²) >= 11 is 6.27. The predicted octanol–water partition coefficient (Wildman–Crippen LogP) is 6.13. The monoisotopic (exact) mass is 613 g/mol. The first-order valence-corrected chi connectivity index (χ1v) is 13.2. The molecule has 0 saturated heterocycles. The number of cyclic esters (lactones) is 1. The van der Waals surface area contributed by atoms with Crippen LogP contribution in [0.1, 0.15) is 53.7 Å². The molecule has 0 N–H and O–H groups in total. The number of amides is 1. The Labute approximate surface area is 246 Å². The number of anilines is 1. The molecule has 1 heterocycles. The molecule has 0 radical (unpaired) electrons. The van der Waals surface area contributed by atoms with Gasteiger partial charge in [-0.1, -0.05) is 23.3 Å². The van der Waals surface area contributed by atoms with Crippen molar-refractivity contribution in [2.45, 2.75) is 52.8 Å². The van der Waals surface area contributed by atoms with Gasteiger partial charge >= 0.3 is 24.0 Å². The first kappa shape index (κ1) is 32.6. The molecule has 0 aromatic heterocycles. The number of fused-ring (bicyclic) bond motifs is 1. The Morgan fingerprint density at radius 1 is 1.07 bits per heavy atom. The molecule has 0 spiro atoms. The van der Waals surface area contributed by atoms with E-state index in [9.17, 15) is 27.6 Å². The van der Waals surface area contributed by atoms with Crippen LogP contribution in [-0.2, 0) is 27.4 Å². The second-order valence-electron chi connectivity index (χ2n) is 9.30. The van der Waals surface area contributed by atoms with Crippen molar-refractivity contribution in [2.24, 2.45) is 0 Å². The smallest absolute Gasteiger partial charge is 0.471 e. The van der Waals surface area contributed by atoms with E-state index in [4.69, 9.17) is 35.3 Å². The zero-order chi connectivity index (χ0) is 31.4. The second-order valence-corrected chi connectivity index (χ2v) is 9.68. The third-order valence-corrected chi connectivity index (χ3v) is 7.13. The van der Waals surface area contributed by atoms with Crippen molar-refractivity contribution in [2.75, 3.05) is 32.8 Å². The van der Waals surface area contributed by atoms with Crippen molar-refractivity contribution < 1.29 is 51.2 Å². The number of alkyl halides is 3. The molecule has 9 nitrogen and oxygen atoms in total. The van der Waals surface area contributed by atoms with Crippen LogP contribution < -0.4 is 23.8 Å². The van der Waals surface area contributed by atoms with Crippen LogP contribution in [0.5, 0.6) is 23.0 Å². The van der Waals surface area contributed by atoms with Gasteiger partial charge in [0.25, 0.3) is 0 Å². The summed E-state index contributed by atoms with van der Waals surface area (Å²) in [5, 5.41) is 0.0662. The van der Waals surface area contributed by atoms with Crippen molar-refractivity contribution >= 4 is 35.1 Å². The highest BCUT2D eigenvalue weighted by Gasteiger charge is 2.45. The average Bonchev–Trinajstić information content (AvgIpc) is 3.34. The number of benzene rings is 2. The molecule has 2 aromatic carbocycles. The Balaban J connectivity index is 1.90. The van der Waals surface area contributed by atoms with Crippen LogP contribution in [0.2, 0.25) is 5.02 Å². The van der Waals surface area contributed by atoms with Gasteiger partial charge in [-0.2, -0.15) is 13.2 Å². The Kier molecular flexibility index (Phi) is 10.4. The summed E-state index contributed by atoms with van der Waals surface area (Å²) in [4.78, 5) is 38.2. The van der Waals surface area contributed by atoms with Crippen molar-refractivity contribution in [3.8, 4) is 23.0 Å². The second kappa shape index (κ2) is 13.4. The maximum atomic E-state index is 13.6. The fraction of sp³-hybridized carbons (Fsp3) is 0.414. The van der Waals surface area contributed by atoms with Gasteiger partial charge in [-0.25, -0.2) is 4.79 Å². The van der Waals surface area contributed by atoms with Crippen molar-refractivity contribution in [1.29, 1.82) is 0 Å². The number of ether oxygens (including phenoxy) is 5. The molecule has 0 atom stereocenters. The standard InChI is InChI=1S/C29H31ClF3NO8/c1-7-34(28(37)29(31,32)33)24-17(25(39-5)16(3)18-14-41-27(36)22(18)24)10-8-15(2)9-13-21(35)42-19-11-12-20(38-4)26(40-6)23(19)30/h8,11-12H,7,9-10,13-14H2,1-6H3/b15-8+. The number of methoxy groups -OCH3 is 3. The van der Waals surface area contributed by atoms with Crippen LogP contribution in [0.4, 0.5) is 18.9 Å². The molecular weight excluding hydrogens is 583 g/mol. The number of allylic oxidation sites excluding steroid dienone is 2. The SMILES string of the molecule is CCN(C(=O)C(F)(F)F)c1c(C/C=C(\C)CCC(=O)Oc2ccc(OC)c(OC)c2Cl)c(OC)c(C)c2c1C(=O)OC2. The van der Waals surface area contributed by atoms with Crippen LogP contribution in [-0.4, -0.2) is 51.9 Å². The van der Waals surface area contributed by atoms with E-state index in [1.54, 1.807) is 26.0 Å². The lowest BCUT2D eigenvalue weighted by atomic mass is 9.92. The zero-order valence-electron chi connectivity index (χ0n) is 24.0. The van der Waals surface area contributed by atoms with E-state index in [1.807, 2.05) is 0 Å². The van der Waals surface area contributed by atoms with Gasteiger partial charge in [0.15, 0.2) is 17.2 Å². The molecule has 228 valence electrons. The minimum absolute atomic E-state index is 0.00390. The van der Waals surface area contributed by atoms with Gasteiger partial charge < -0.3 is 28.6 Å². The summed E-state index contributed by atoms with van der Waals surface area (Å²) in [5.41, 5.74) is 1.50. The van der Waals surface area contributed by atoms with E-state index in [-0.39, 0.29) is 71.5 Å². The molecule has 0 aliphatic carbocycles. The highest BCUT2D eigenvalue weighted by atomic mass is 35.5. The fourth-order valence-electron chi connectivity index (χ4n) is 4.68. The highest BCUT2D eigenvalue weighted by molar-refractivity contribution is 6.34. The normalized spacial score (nSPS) is 12.9. The highest BCUT2D eigenvalue weighted by Crippen LogP contribution is 2.44. The van der Waals surface area contributed by atoms with Gasteiger partial charge in [0.2, 0.25) is 0 Å². The van der Waals surface area contributed by atoms with Crippen molar-refractivity contribution in [1.82, 2.24) is 0 Å². The fourth-order valence-corrected chi connectivity index (χ4v) is 4.96. The maximum absolute atomic E-state index is 13.6. The third-order valence-electron chi connectivity index (χ3n) is 6.77. The Morgan fingerprint density at radius 3 is 2.29 bits per heavy atom. The quantitative estimate of drug-likeness (QED) is 0.169. The van der Waals surface area contributed by atoms with Crippen molar-refractivity contribution in [3.63, 3.8) is 0 Å². The number of esters is 2. The third kappa shape index (κ3) is 6.59. The lowest BCUT2D eigenvalue weighted by molar-refractivity contribution is -0.170. The molecular formula is C29H31ClF3NO8. The summed E-state index contributed by atoms with van der Waals surface area (Å²) in [6.07, 6.45) is -3.28. The number of halogens is 4. The Morgan fingerprint density at radius 2 is 1.71 bits per heavy atom. The van der Waals surface area contributed by atoms with Crippen LogP contribution in [0, 0.1) is 6.92 Å². The van der Waals surface area contributed by atoms with E-state index >= 15 is 0 Å². The van der Waals surface area contributed by atoms with Gasteiger partial charge in [-0.15, -0.1) is 0 Å². The number of rotatable bonds is 11. The summed E-state index contributed by atoms with van der Waals surface area (Å²) in [7, 11) is 4.19. The molecule has 0 fully saturated rings. The van der Waals surface area contributed by atoms with Gasteiger partial charge in [-0.05, 0) is 51.3 Å². The first-order valence-electron chi connectivity index (χ1n) is 12.8. The summed E-state index contributed by atoms with van der Waals surface area (Å²) in [5.74, 6) is -2.62. The van der Waals surface area contributed by atoms with Gasteiger partial charge in [0.05, 0.1) is 32.6 Å². The number of carbonyl (C=O) groups is 3. The van der Waals surface area contributed by atoms with Gasteiger partial charge in [0.1, 0.15) is 17.4 Å². The molecule has 0 unspecified atom stereocenters. The lowest BCUT2D eigenvalue weighted by Gasteiger charge is -2.28. The first-order chi connectivity index (χ1) is 19.8. The summed E-state index contributed by atoms with van der Waals surface area (Å²) in [6, 6.07) is 3.02. The maximum Gasteiger partial charge on any atom is 0.471 e. The Bertz CT molecular complexity index is 1420. The van der Waals surface area contributed by atoms with E-state index in [0.29, 0.717) is 27.3 Å². The van der Waals surface area contributed by atoms with E-state index in [0.717, 1.165) is 0 Å². The molecule has 1 aliphatic heterocycles. The predicted molar refractivity (Wildman–Crippen MR) is 148 cm³/mol. The van der Waals surface area contributed by atoms with Gasteiger partial charge in [0, 0.05) is 24.1 Å². The molecule has 2 aromatic rings. The molecule has 13 heteroatoms. The molecule has 42 heavy (non-hydrogen) atoms.